The Morgan fingerprint density at radius 3 is 2.48 bits per heavy atom. The number of hydrogen-bond acceptors (Lipinski definition) is 2. The molecule has 0 spiro atoms. The quantitative estimate of drug-likeness (QED) is 0.466. The number of rotatable bonds is 1. The normalized spacial score (nSPS) is 11.1. The topological polar surface area (TPSA) is 25.8 Å². The van der Waals surface area contributed by atoms with E-state index in [1.54, 1.807) is 6.20 Å². The van der Waals surface area contributed by atoms with Gasteiger partial charge in [-0.05, 0) is 30.7 Å². The van der Waals surface area contributed by atoms with E-state index in [0.717, 1.165) is 16.4 Å². The first-order valence-electron chi connectivity index (χ1n) is 7.02. The van der Waals surface area contributed by atoms with Crippen LogP contribution in [0.4, 0.5) is 0 Å². The van der Waals surface area contributed by atoms with Crippen LogP contribution in [0.3, 0.4) is 0 Å². The molecule has 0 saturated carbocycles. The lowest BCUT2D eigenvalue weighted by Crippen LogP contribution is -1.90. The van der Waals surface area contributed by atoms with E-state index >= 15 is 0 Å². The van der Waals surface area contributed by atoms with Gasteiger partial charge in [0.05, 0.1) is 11.0 Å². The fourth-order valence-corrected chi connectivity index (χ4v) is 2.82. The van der Waals surface area contributed by atoms with Gasteiger partial charge in [-0.25, -0.2) is 4.98 Å². The maximum Gasteiger partial charge on any atom is 0.0746 e. The van der Waals surface area contributed by atoms with E-state index < -0.39 is 0 Å². The second kappa shape index (κ2) is 4.67. The predicted octanol–water partition coefficient (Wildman–Crippen LogP) is 4.76. The molecule has 2 aromatic carbocycles. The number of aromatic nitrogens is 2. The standard InChI is InChI=1S/C19H14N2/c1-13-7-8-17-15(11-13)19(14-5-3-2-4-6-14)16-12-20-10-9-18(16)21-17/h2-12H,1H3. The summed E-state index contributed by atoms with van der Waals surface area (Å²) in [6.07, 6.45) is 3.70. The van der Waals surface area contributed by atoms with Gasteiger partial charge in [-0.1, -0.05) is 42.0 Å². The monoisotopic (exact) mass is 270 g/mol. The Kier molecular flexibility index (Phi) is 2.68. The van der Waals surface area contributed by atoms with Gasteiger partial charge in [0.15, 0.2) is 0 Å². The van der Waals surface area contributed by atoms with Crippen molar-refractivity contribution in [3.8, 4) is 11.1 Å². The zero-order valence-corrected chi connectivity index (χ0v) is 11.7. The van der Waals surface area contributed by atoms with Crippen molar-refractivity contribution in [1.29, 1.82) is 0 Å². The highest BCUT2D eigenvalue weighted by atomic mass is 14.7. The summed E-state index contributed by atoms with van der Waals surface area (Å²) in [5, 5.41) is 2.28. The van der Waals surface area contributed by atoms with E-state index in [4.69, 9.17) is 4.98 Å². The second-order valence-electron chi connectivity index (χ2n) is 5.27. The molecule has 0 radical (unpaired) electrons. The Bertz CT molecular complexity index is 943. The summed E-state index contributed by atoms with van der Waals surface area (Å²) in [4.78, 5) is 9.05. The van der Waals surface area contributed by atoms with Gasteiger partial charge in [0.25, 0.3) is 0 Å². The molecule has 0 bridgehead atoms. The lowest BCUT2D eigenvalue weighted by molar-refractivity contribution is 1.34. The van der Waals surface area contributed by atoms with Crippen molar-refractivity contribution < 1.29 is 0 Å². The van der Waals surface area contributed by atoms with Crippen molar-refractivity contribution in [3.63, 3.8) is 0 Å². The number of benzene rings is 2. The molecule has 2 heteroatoms. The third-order valence-corrected chi connectivity index (χ3v) is 3.79. The summed E-state index contributed by atoms with van der Waals surface area (Å²) in [7, 11) is 0. The van der Waals surface area contributed by atoms with Crippen LogP contribution in [0.1, 0.15) is 5.56 Å². The Morgan fingerprint density at radius 1 is 0.810 bits per heavy atom. The molecule has 0 aliphatic rings. The Balaban J connectivity index is 2.24. The van der Waals surface area contributed by atoms with Gasteiger partial charge in [-0.15, -0.1) is 0 Å². The minimum atomic E-state index is 0.986. The van der Waals surface area contributed by atoms with E-state index in [-0.39, 0.29) is 0 Å². The van der Waals surface area contributed by atoms with Crippen molar-refractivity contribution in [3.05, 3.63) is 72.6 Å². The summed E-state index contributed by atoms with van der Waals surface area (Å²) in [5.41, 5.74) is 5.67. The highest BCUT2D eigenvalue weighted by Crippen LogP contribution is 2.34. The van der Waals surface area contributed by atoms with Crippen LogP contribution >= 0.6 is 0 Å². The van der Waals surface area contributed by atoms with Gasteiger partial charge in [-0.2, -0.15) is 0 Å². The van der Waals surface area contributed by atoms with Crippen LogP contribution in [-0.4, -0.2) is 9.97 Å². The minimum absolute atomic E-state index is 0.986. The van der Waals surface area contributed by atoms with Crippen LogP contribution in [0.15, 0.2) is 67.0 Å². The fourth-order valence-electron chi connectivity index (χ4n) is 2.82. The van der Waals surface area contributed by atoms with Crippen molar-refractivity contribution in [1.82, 2.24) is 9.97 Å². The molecule has 100 valence electrons. The Hall–Kier alpha value is -2.74. The van der Waals surface area contributed by atoms with Crippen molar-refractivity contribution in [2.45, 2.75) is 6.92 Å². The summed E-state index contributed by atoms with van der Waals surface area (Å²) >= 11 is 0. The molecule has 0 unspecified atom stereocenters. The molecular formula is C19H14N2. The molecule has 0 aliphatic carbocycles. The average molecular weight is 270 g/mol. The van der Waals surface area contributed by atoms with Crippen LogP contribution in [0, 0.1) is 6.92 Å². The van der Waals surface area contributed by atoms with E-state index in [1.165, 1.54) is 22.1 Å². The maximum absolute atomic E-state index is 4.76. The van der Waals surface area contributed by atoms with Crippen molar-refractivity contribution in [2.24, 2.45) is 0 Å². The number of pyridine rings is 2. The summed E-state index contributed by atoms with van der Waals surface area (Å²) < 4.78 is 0. The first kappa shape index (κ1) is 12.0. The molecule has 0 amide bonds. The van der Waals surface area contributed by atoms with E-state index in [0.29, 0.717) is 0 Å². The molecule has 0 atom stereocenters. The van der Waals surface area contributed by atoms with E-state index in [1.807, 2.05) is 18.3 Å². The summed E-state index contributed by atoms with van der Waals surface area (Å²) in [6.45, 7) is 2.11. The Morgan fingerprint density at radius 2 is 1.62 bits per heavy atom. The zero-order valence-electron chi connectivity index (χ0n) is 11.7. The predicted molar refractivity (Wildman–Crippen MR) is 87.2 cm³/mol. The minimum Gasteiger partial charge on any atom is -0.264 e. The van der Waals surface area contributed by atoms with Crippen molar-refractivity contribution in [2.75, 3.05) is 0 Å². The third kappa shape index (κ3) is 1.96. The van der Waals surface area contributed by atoms with Gasteiger partial charge >= 0.3 is 0 Å². The smallest absolute Gasteiger partial charge is 0.0746 e. The van der Waals surface area contributed by atoms with Gasteiger partial charge < -0.3 is 0 Å². The van der Waals surface area contributed by atoms with Crippen LogP contribution in [0.5, 0.6) is 0 Å². The summed E-state index contributed by atoms with van der Waals surface area (Å²) in [6, 6.07) is 18.8. The van der Waals surface area contributed by atoms with Crippen molar-refractivity contribution >= 4 is 21.8 Å². The van der Waals surface area contributed by atoms with E-state index in [9.17, 15) is 0 Å². The largest absolute Gasteiger partial charge is 0.264 e. The van der Waals surface area contributed by atoms with Crippen LogP contribution in [0.25, 0.3) is 32.9 Å². The molecule has 21 heavy (non-hydrogen) atoms. The molecule has 2 heterocycles. The van der Waals surface area contributed by atoms with Crippen LogP contribution in [-0.2, 0) is 0 Å². The highest BCUT2D eigenvalue weighted by molar-refractivity contribution is 6.09. The second-order valence-corrected chi connectivity index (χ2v) is 5.27. The molecule has 0 saturated heterocycles. The first-order valence-corrected chi connectivity index (χ1v) is 7.02. The number of fused-ring (bicyclic) bond motifs is 2. The van der Waals surface area contributed by atoms with Gasteiger partial charge in [0, 0.05) is 28.7 Å². The third-order valence-electron chi connectivity index (χ3n) is 3.79. The SMILES string of the molecule is Cc1ccc2nc3ccncc3c(-c3ccccc3)c2c1. The van der Waals surface area contributed by atoms with Gasteiger partial charge in [0.1, 0.15) is 0 Å². The summed E-state index contributed by atoms with van der Waals surface area (Å²) in [5.74, 6) is 0. The maximum atomic E-state index is 4.76. The highest BCUT2D eigenvalue weighted by Gasteiger charge is 2.11. The molecular weight excluding hydrogens is 256 g/mol. The molecule has 2 aromatic heterocycles. The lowest BCUT2D eigenvalue weighted by Gasteiger charge is -2.11. The molecule has 0 aliphatic heterocycles. The van der Waals surface area contributed by atoms with Crippen LogP contribution < -0.4 is 0 Å². The lowest BCUT2D eigenvalue weighted by atomic mass is 9.96. The molecule has 0 N–H and O–H groups in total. The molecule has 0 fully saturated rings. The Labute approximate surface area is 123 Å². The fraction of sp³-hybridized carbons (Fsp3) is 0.0526. The van der Waals surface area contributed by atoms with Gasteiger partial charge in [0.2, 0.25) is 0 Å². The molecule has 4 rings (SSSR count). The number of nitrogens with zero attached hydrogens (tertiary/aromatic N) is 2. The molecule has 2 nitrogen and oxygen atoms in total. The number of hydrogen-bond donors (Lipinski definition) is 0. The first-order chi connectivity index (χ1) is 10.3. The van der Waals surface area contributed by atoms with Crippen LogP contribution in [0.2, 0.25) is 0 Å². The average Bonchev–Trinajstić information content (AvgIpc) is 2.53. The zero-order chi connectivity index (χ0) is 14.2. The number of aryl methyl sites for hydroxylation is 1. The molecule has 4 aromatic rings. The van der Waals surface area contributed by atoms with E-state index in [2.05, 4.69) is 54.4 Å². The van der Waals surface area contributed by atoms with Gasteiger partial charge in [-0.3, -0.25) is 4.98 Å².